The molecule has 0 fully saturated rings. The summed E-state index contributed by atoms with van der Waals surface area (Å²) in [5.41, 5.74) is 3.12. The van der Waals surface area contributed by atoms with Gasteiger partial charge in [-0.3, -0.25) is 4.72 Å². The van der Waals surface area contributed by atoms with E-state index in [4.69, 9.17) is 9.47 Å². The van der Waals surface area contributed by atoms with Crippen molar-refractivity contribution in [2.75, 3.05) is 24.3 Å². The first-order valence-electron chi connectivity index (χ1n) is 8.60. The Balaban J connectivity index is 1.72. The molecule has 3 aromatic rings. The van der Waals surface area contributed by atoms with Gasteiger partial charge in [0.2, 0.25) is 0 Å². The summed E-state index contributed by atoms with van der Waals surface area (Å²) in [5, 5.41) is 3.25. The zero-order valence-corrected chi connectivity index (χ0v) is 16.7. The lowest BCUT2D eigenvalue weighted by Gasteiger charge is -2.12. The highest BCUT2D eigenvalue weighted by molar-refractivity contribution is 7.92. The van der Waals surface area contributed by atoms with E-state index in [2.05, 4.69) is 10.0 Å². The van der Waals surface area contributed by atoms with Gasteiger partial charge in [0.25, 0.3) is 10.0 Å². The minimum atomic E-state index is -3.62. The molecule has 0 heterocycles. The van der Waals surface area contributed by atoms with Crippen LogP contribution in [0, 0.1) is 6.92 Å². The second-order valence-electron chi connectivity index (χ2n) is 6.19. The number of ether oxygens (including phenoxy) is 2. The number of nitrogens with one attached hydrogen (secondary N) is 2. The SMILES string of the molecule is COc1ccc(Nc2ccc(NS(=O)(=O)c3ccc(C)cc3)cc2)cc1OC. The summed E-state index contributed by atoms with van der Waals surface area (Å²) in [6, 6.07) is 19.2. The van der Waals surface area contributed by atoms with Crippen molar-refractivity contribution in [1.82, 2.24) is 0 Å². The molecule has 28 heavy (non-hydrogen) atoms. The Morgan fingerprint density at radius 2 is 1.29 bits per heavy atom. The molecule has 0 radical (unpaired) electrons. The van der Waals surface area contributed by atoms with Gasteiger partial charge in [0, 0.05) is 23.1 Å². The molecular weight excluding hydrogens is 376 g/mol. The van der Waals surface area contributed by atoms with Gasteiger partial charge in [-0.05, 0) is 55.5 Å². The number of benzene rings is 3. The fraction of sp³-hybridized carbons (Fsp3) is 0.143. The Morgan fingerprint density at radius 1 is 0.714 bits per heavy atom. The van der Waals surface area contributed by atoms with Crippen LogP contribution >= 0.6 is 0 Å². The predicted octanol–water partition coefficient (Wildman–Crippen LogP) is 4.56. The lowest BCUT2D eigenvalue weighted by Crippen LogP contribution is -2.12. The molecule has 6 nitrogen and oxygen atoms in total. The van der Waals surface area contributed by atoms with E-state index in [1.165, 1.54) is 0 Å². The van der Waals surface area contributed by atoms with Gasteiger partial charge in [-0.25, -0.2) is 8.42 Å². The van der Waals surface area contributed by atoms with Crippen LogP contribution in [0.1, 0.15) is 5.56 Å². The fourth-order valence-corrected chi connectivity index (χ4v) is 3.69. The van der Waals surface area contributed by atoms with E-state index in [0.29, 0.717) is 17.2 Å². The van der Waals surface area contributed by atoms with E-state index in [1.54, 1.807) is 62.8 Å². The first-order chi connectivity index (χ1) is 13.4. The Labute approximate surface area is 165 Å². The van der Waals surface area contributed by atoms with E-state index >= 15 is 0 Å². The van der Waals surface area contributed by atoms with Crippen LogP contribution in [0.15, 0.2) is 71.6 Å². The minimum absolute atomic E-state index is 0.227. The third-order valence-corrected chi connectivity index (χ3v) is 5.54. The summed E-state index contributed by atoms with van der Waals surface area (Å²) < 4.78 is 38.0. The number of methoxy groups -OCH3 is 2. The maximum atomic E-state index is 12.5. The van der Waals surface area contributed by atoms with Crippen molar-refractivity contribution in [3.63, 3.8) is 0 Å². The third kappa shape index (κ3) is 4.55. The highest BCUT2D eigenvalue weighted by Crippen LogP contribution is 2.31. The average Bonchev–Trinajstić information content (AvgIpc) is 2.69. The number of hydrogen-bond acceptors (Lipinski definition) is 5. The highest BCUT2D eigenvalue weighted by atomic mass is 32.2. The van der Waals surface area contributed by atoms with Gasteiger partial charge in [0.05, 0.1) is 19.1 Å². The lowest BCUT2D eigenvalue weighted by atomic mass is 10.2. The Hall–Kier alpha value is -3.19. The van der Waals surface area contributed by atoms with Crippen LogP contribution in [-0.2, 0) is 10.0 Å². The van der Waals surface area contributed by atoms with E-state index < -0.39 is 10.0 Å². The van der Waals surface area contributed by atoms with Crippen molar-refractivity contribution in [3.8, 4) is 11.5 Å². The van der Waals surface area contributed by atoms with Crippen molar-refractivity contribution in [2.45, 2.75) is 11.8 Å². The minimum Gasteiger partial charge on any atom is -0.493 e. The molecule has 3 aromatic carbocycles. The molecule has 0 saturated heterocycles. The Bertz CT molecular complexity index is 1050. The number of rotatable bonds is 7. The number of hydrogen-bond donors (Lipinski definition) is 2. The molecule has 2 N–H and O–H groups in total. The van der Waals surface area contributed by atoms with Crippen LogP contribution in [-0.4, -0.2) is 22.6 Å². The summed E-state index contributed by atoms with van der Waals surface area (Å²) in [4.78, 5) is 0.227. The van der Waals surface area contributed by atoms with Crippen molar-refractivity contribution in [2.24, 2.45) is 0 Å². The van der Waals surface area contributed by atoms with Crippen LogP contribution in [0.5, 0.6) is 11.5 Å². The quantitative estimate of drug-likeness (QED) is 0.610. The fourth-order valence-electron chi connectivity index (χ4n) is 2.63. The Morgan fingerprint density at radius 3 is 1.89 bits per heavy atom. The summed E-state index contributed by atoms with van der Waals surface area (Å²) in [7, 11) is -0.455. The number of sulfonamides is 1. The summed E-state index contributed by atoms with van der Waals surface area (Å²) >= 11 is 0. The molecule has 0 aliphatic heterocycles. The average molecular weight is 398 g/mol. The van der Waals surface area contributed by atoms with Crippen molar-refractivity contribution >= 4 is 27.1 Å². The molecule has 3 rings (SSSR count). The molecule has 7 heteroatoms. The molecule has 0 saturated carbocycles. The molecule has 0 unspecified atom stereocenters. The number of aryl methyl sites for hydroxylation is 1. The second kappa shape index (κ2) is 8.22. The van der Waals surface area contributed by atoms with Crippen molar-refractivity contribution in [1.29, 1.82) is 0 Å². The van der Waals surface area contributed by atoms with Crippen molar-refractivity contribution < 1.29 is 17.9 Å². The molecular formula is C21H22N2O4S. The predicted molar refractivity (Wildman–Crippen MR) is 111 cm³/mol. The molecule has 0 atom stereocenters. The number of anilines is 3. The monoisotopic (exact) mass is 398 g/mol. The maximum Gasteiger partial charge on any atom is 0.261 e. The van der Waals surface area contributed by atoms with Gasteiger partial charge in [-0.15, -0.1) is 0 Å². The molecule has 0 bridgehead atoms. The van der Waals surface area contributed by atoms with Gasteiger partial charge in [-0.1, -0.05) is 17.7 Å². The highest BCUT2D eigenvalue weighted by Gasteiger charge is 2.13. The van der Waals surface area contributed by atoms with Crippen LogP contribution in [0.2, 0.25) is 0 Å². The first-order valence-corrected chi connectivity index (χ1v) is 10.1. The molecule has 146 valence electrons. The van der Waals surface area contributed by atoms with E-state index in [1.807, 2.05) is 25.1 Å². The Kier molecular flexibility index (Phi) is 5.75. The van der Waals surface area contributed by atoms with E-state index in [0.717, 1.165) is 16.9 Å². The normalized spacial score (nSPS) is 11.0. The third-order valence-electron chi connectivity index (χ3n) is 4.14. The zero-order chi connectivity index (χ0) is 20.1. The molecule has 0 aromatic heterocycles. The molecule has 0 spiro atoms. The zero-order valence-electron chi connectivity index (χ0n) is 15.9. The van der Waals surface area contributed by atoms with E-state index in [-0.39, 0.29) is 4.90 Å². The summed E-state index contributed by atoms with van der Waals surface area (Å²) in [5.74, 6) is 1.27. The van der Waals surface area contributed by atoms with Crippen LogP contribution in [0.3, 0.4) is 0 Å². The standard InChI is InChI=1S/C21H22N2O4S/c1-15-4-11-19(12-5-15)28(24,25)23-17-8-6-16(7-9-17)22-18-10-13-20(26-2)21(14-18)27-3/h4-14,22-23H,1-3H3. The largest absolute Gasteiger partial charge is 0.493 e. The molecule has 0 aliphatic carbocycles. The van der Waals surface area contributed by atoms with Crippen LogP contribution in [0.4, 0.5) is 17.1 Å². The van der Waals surface area contributed by atoms with Gasteiger partial charge >= 0.3 is 0 Å². The van der Waals surface area contributed by atoms with Gasteiger partial charge in [0.1, 0.15) is 0 Å². The lowest BCUT2D eigenvalue weighted by molar-refractivity contribution is 0.355. The summed E-state index contributed by atoms with van der Waals surface area (Å²) in [6.45, 7) is 1.91. The van der Waals surface area contributed by atoms with Crippen LogP contribution < -0.4 is 19.5 Å². The maximum absolute atomic E-state index is 12.5. The first kappa shape index (κ1) is 19.6. The van der Waals surface area contributed by atoms with Crippen molar-refractivity contribution in [3.05, 3.63) is 72.3 Å². The second-order valence-corrected chi connectivity index (χ2v) is 7.87. The smallest absolute Gasteiger partial charge is 0.261 e. The molecule has 0 aliphatic rings. The van der Waals surface area contributed by atoms with Gasteiger partial charge in [0.15, 0.2) is 11.5 Å². The summed E-state index contributed by atoms with van der Waals surface area (Å²) in [6.07, 6.45) is 0. The topological polar surface area (TPSA) is 76.7 Å². The van der Waals surface area contributed by atoms with Gasteiger partial charge < -0.3 is 14.8 Å². The van der Waals surface area contributed by atoms with Gasteiger partial charge in [-0.2, -0.15) is 0 Å². The van der Waals surface area contributed by atoms with Crippen LogP contribution in [0.25, 0.3) is 0 Å². The van der Waals surface area contributed by atoms with E-state index in [9.17, 15) is 8.42 Å². The molecule has 0 amide bonds.